The number of nitrogens with two attached hydrogens (primary N) is 2. The average molecular weight is 250 g/mol. The standard InChI is InChI=1S/C14H22N2O2/c1-2-3-9-14(16,12(17)13(15)18)10-11-7-5-4-6-8-11/h4-8,12,17H,2-3,9-10,16H2,1H3,(H2,15,18). The van der Waals surface area contributed by atoms with E-state index in [2.05, 4.69) is 0 Å². The zero-order valence-corrected chi connectivity index (χ0v) is 10.8. The van der Waals surface area contributed by atoms with Gasteiger partial charge in [-0.25, -0.2) is 0 Å². The number of benzene rings is 1. The number of hydrogen-bond acceptors (Lipinski definition) is 3. The summed E-state index contributed by atoms with van der Waals surface area (Å²) in [6, 6.07) is 9.60. The van der Waals surface area contributed by atoms with Crippen LogP contribution in [0.5, 0.6) is 0 Å². The molecule has 0 aliphatic rings. The van der Waals surface area contributed by atoms with E-state index in [1.165, 1.54) is 0 Å². The lowest BCUT2D eigenvalue weighted by Crippen LogP contribution is -2.57. The third-order valence-corrected chi connectivity index (χ3v) is 3.19. The van der Waals surface area contributed by atoms with Crippen molar-refractivity contribution in [1.29, 1.82) is 0 Å². The van der Waals surface area contributed by atoms with Crippen molar-refractivity contribution in [3.05, 3.63) is 35.9 Å². The first-order valence-electron chi connectivity index (χ1n) is 6.30. The van der Waals surface area contributed by atoms with Gasteiger partial charge in [0, 0.05) is 0 Å². The smallest absolute Gasteiger partial charge is 0.248 e. The summed E-state index contributed by atoms with van der Waals surface area (Å²) in [4.78, 5) is 11.2. The summed E-state index contributed by atoms with van der Waals surface area (Å²) in [7, 11) is 0. The Morgan fingerprint density at radius 3 is 2.50 bits per heavy atom. The van der Waals surface area contributed by atoms with Crippen molar-refractivity contribution in [2.75, 3.05) is 0 Å². The summed E-state index contributed by atoms with van der Waals surface area (Å²) in [6.07, 6.45) is 1.51. The Morgan fingerprint density at radius 2 is 2.00 bits per heavy atom. The van der Waals surface area contributed by atoms with Gasteiger partial charge in [-0.15, -0.1) is 0 Å². The van der Waals surface area contributed by atoms with Crippen LogP contribution in [0.2, 0.25) is 0 Å². The van der Waals surface area contributed by atoms with Crippen molar-refractivity contribution in [3.8, 4) is 0 Å². The summed E-state index contributed by atoms with van der Waals surface area (Å²) < 4.78 is 0. The van der Waals surface area contributed by atoms with E-state index < -0.39 is 17.6 Å². The summed E-state index contributed by atoms with van der Waals surface area (Å²) in [5.74, 6) is -0.760. The van der Waals surface area contributed by atoms with Crippen LogP contribution in [0.3, 0.4) is 0 Å². The van der Waals surface area contributed by atoms with E-state index in [0.717, 1.165) is 18.4 Å². The van der Waals surface area contributed by atoms with E-state index >= 15 is 0 Å². The number of unbranched alkanes of at least 4 members (excludes halogenated alkanes) is 1. The first-order valence-corrected chi connectivity index (χ1v) is 6.30. The van der Waals surface area contributed by atoms with Crippen LogP contribution in [0.1, 0.15) is 31.7 Å². The van der Waals surface area contributed by atoms with Gasteiger partial charge in [-0.2, -0.15) is 0 Å². The Labute approximate surface area is 108 Å². The number of carbonyl (C=O) groups is 1. The van der Waals surface area contributed by atoms with Crippen LogP contribution >= 0.6 is 0 Å². The van der Waals surface area contributed by atoms with E-state index in [-0.39, 0.29) is 0 Å². The van der Waals surface area contributed by atoms with Gasteiger partial charge in [0.25, 0.3) is 0 Å². The predicted molar refractivity (Wildman–Crippen MR) is 71.8 cm³/mol. The fourth-order valence-electron chi connectivity index (χ4n) is 2.09. The second kappa shape index (κ2) is 6.52. The minimum absolute atomic E-state index is 0.442. The van der Waals surface area contributed by atoms with Crippen LogP contribution < -0.4 is 11.5 Å². The van der Waals surface area contributed by atoms with Crippen molar-refractivity contribution < 1.29 is 9.90 Å². The molecule has 0 heterocycles. The minimum atomic E-state index is -1.32. The predicted octanol–water partition coefficient (Wildman–Crippen LogP) is 0.963. The molecule has 0 saturated heterocycles. The number of amides is 1. The molecule has 0 aliphatic heterocycles. The van der Waals surface area contributed by atoms with E-state index in [1.54, 1.807) is 0 Å². The average Bonchev–Trinajstić information content (AvgIpc) is 2.36. The molecule has 1 rings (SSSR count). The number of carbonyl (C=O) groups excluding carboxylic acids is 1. The molecular formula is C14H22N2O2. The van der Waals surface area contributed by atoms with Crippen molar-refractivity contribution in [2.45, 2.75) is 44.2 Å². The van der Waals surface area contributed by atoms with Crippen LogP contribution in [0, 0.1) is 0 Å². The Morgan fingerprint density at radius 1 is 1.39 bits per heavy atom. The molecule has 0 radical (unpaired) electrons. The first kappa shape index (κ1) is 14.7. The highest BCUT2D eigenvalue weighted by atomic mass is 16.3. The molecule has 0 aromatic heterocycles. The van der Waals surface area contributed by atoms with Gasteiger partial charge in [0.05, 0.1) is 5.54 Å². The molecule has 100 valence electrons. The molecule has 2 atom stereocenters. The number of primary amides is 1. The third-order valence-electron chi connectivity index (χ3n) is 3.19. The largest absolute Gasteiger partial charge is 0.381 e. The van der Waals surface area contributed by atoms with E-state index in [9.17, 15) is 9.90 Å². The minimum Gasteiger partial charge on any atom is -0.381 e. The molecule has 4 heteroatoms. The lowest BCUT2D eigenvalue weighted by molar-refractivity contribution is -0.129. The van der Waals surface area contributed by atoms with E-state index in [4.69, 9.17) is 11.5 Å². The molecule has 0 saturated carbocycles. The van der Waals surface area contributed by atoms with Gasteiger partial charge in [0.2, 0.25) is 5.91 Å². The first-order chi connectivity index (χ1) is 8.49. The molecule has 0 bridgehead atoms. The molecule has 1 aromatic carbocycles. The molecule has 1 aromatic rings. The van der Waals surface area contributed by atoms with Gasteiger partial charge >= 0.3 is 0 Å². The summed E-state index contributed by atoms with van der Waals surface area (Å²) in [5, 5.41) is 9.93. The second-order valence-corrected chi connectivity index (χ2v) is 4.80. The molecule has 18 heavy (non-hydrogen) atoms. The number of rotatable bonds is 7. The number of hydrogen-bond donors (Lipinski definition) is 3. The SMILES string of the molecule is CCCCC(N)(Cc1ccccc1)C(O)C(N)=O. The third kappa shape index (κ3) is 3.82. The Bertz CT molecular complexity index is 381. The summed E-state index contributed by atoms with van der Waals surface area (Å²) in [5.41, 5.74) is 11.4. The monoisotopic (exact) mass is 250 g/mol. The zero-order valence-electron chi connectivity index (χ0n) is 10.8. The van der Waals surface area contributed by atoms with Crippen LogP contribution in [0.25, 0.3) is 0 Å². The number of aliphatic hydroxyl groups is 1. The zero-order chi connectivity index (χ0) is 13.6. The molecule has 0 spiro atoms. The van der Waals surface area contributed by atoms with Crippen LogP contribution in [0.15, 0.2) is 30.3 Å². The van der Waals surface area contributed by atoms with E-state index in [1.807, 2.05) is 37.3 Å². The maximum atomic E-state index is 11.2. The lowest BCUT2D eigenvalue weighted by atomic mass is 9.81. The van der Waals surface area contributed by atoms with Crippen LogP contribution in [0.4, 0.5) is 0 Å². The topological polar surface area (TPSA) is 89.3 Å². The molecule has 1 amide bonds. The Kier molecular flexibility index (Phi) is 5.31. The van der Waals surface area contributed by atoms with Gasteiger partial charge in [-0.1, -0.05) is 50.1 Å². The van der Waals surface area contributed by atoms with Crippen LogP contribution in [-0.2, 0) is 11.2 Å². The van der Waals surface area contributed by atoms with Crippen molar-refractivity contribution >= 4 is 5.91 Å². The van der Waals surface area contributed by atoms with Crippen LogP contribution in [-0.4, -0.2) is 22.7 Å². The van der Waals surface area contributed by atoms with Gasteiger partial charge in [-0.05, 0) is 18.4 Å². The van der Waals surface area contributed by atoms with Crippen molar-refractivity contribution in [1.82, 2.24) is 0 Å². The van der Waals surface area contributed by atoms with Gasteiger partial charge in [0.1, 0.15) is 0 Å². The maximum absolute atomic E-state index is 11.2. The fraction of sp³-hybridized carbons (Fsp3) is 0.500. The molecule has 2 unspecified atom stereocenters. The summed E-state index contributed by atoms with van der Waals surface area (Å²) >= 11 is 0. The second-order valence-electron chi connectivity index (χ2n) is 4.80. The number of aliphatic hydroxyl groups excluding tert-OH is 1. The highest BCUT2D eigenvalue weighted by molar-refractivity contribution is 5.80. The van der Waals surface area contributed by atoms with Gasteiger partial charge in [0.15, 0.2) is 6.10 Å². The van der Waals surface area contributed by atoms with Crippen molar-refractivity contribution in [2.24, 2.45) is 11.5 Å². The Hall–Kier alpha value is -1.39. The van der Waals surface area contributed by atoms with Gasteiger partial charge < -0.3 is 16.6 Å². The molecular weight excluding hydrogens is 228 g/mol. The highest BCUT2D eigenvalue weighted by Crippen LogP contribution is 2.21. The normalized spacial score (nSPS) is 15.9. The highest BCUT2D eigenvalue weighted by Gasteiger charge is 2.36. The molecule has 0 fully saturated rings. The maximum Gasteiger partial charge on any atom is 0.248 e. The van der Waals surface area contributed by atoms with E-state index in [0.29, 0.717) is 12.8 Å². The lowest BCUT2D eigenvalue weighted by Gasteiger charge is -2.33. The molecule has 4 nitrogen and oxygen atoms in total. The molecule has 5 N–H and O–H groups in total. The quantitative estimate of drug-likeness (QED) is 0.673. The summed E-state index contributed by atoms with van der Waals surface area (Å²) in [6.45, 7) is 2.04. The van der Waals surface area contributed by atoms with Crippen molar-refractivity contribution in [3.63, 3.8) is 0 Å². The fourth-order valence-corrected chi connectivity index (χ4v) is 2.09. The van der Waals surface area contributed by atoms with Gasteiger partial charge in [-0.3, -0.25) is 4.79 Å². The Balaban J connectivity index is 2.86. The molecule has 0 aliphatic carbocycles.